The van der Waals surface area contributed by atoms with Crippen LogP contribution in [-0.2, 0) is 21.7 Å². The monoisotopic (exact) mass is 1560 g/mol. The maximum Gasteiger partial charge on any atom is 0.252 e. The topological polar surface area (TPSA) is 11.4 Å². The molecule has 2 aliphatic rings. The molecule has 0 aliphatic carbocycles. The van der Waals surface area contributed by atoms with Crippen LogP contribution in [0.4, 0.5) is 34.1 Å². The van der Waals surface area contributed by atoms with Gasteiger partial charge >= 0.3 is 0 Å². The molecule has 0 unspecified atom stereocenters. The Kier molecular flexibility index (Phi) is 17.7. The highest BCUT2D eigenvalue weighted by Gasteiger charge is 2.47. The fourth-order valence-corrected chi connectivity index (χ4v) is 23.6. The second-order valence-electron chi connectivity index (χ2n) is 37.0. The Hall–Kier alpha value is -12.8. The average Bonchev–Trinajstić information content (AvgIpc) is 0.944. The summed E-state index contributed by atoms with van der Waals surface area (Å²) in [6, 6.07) is 137. The van der Waals surface area contributed by atoms with Crippen LogP contribution in [0.1, 0.15) is 122 Å². The molecule has 580 valence electrons. The summed E-state index contributed by atoms with van der Waals surface area (Å²) >= 11 is 0. The van der Waals surface area contributed by atoms with Crippen LogP contribution in [-0.4, -0.2) is 19.4 Å². The van der Waals surface area contributed by atoms with Gasteiger partial charge in [-0.15, -0.1) is 0 Å². The predicted octanol–water partition coefficient (Wildman–Crippen LogP) is 26.1. The second kappa shape index (κ2) is 29.4. The Labute approximate surface area is 711 Å². The average molecular weight is 1560 g/mol. The van der Waals surface area contributed by atoms with Gasteiger partial charge in [0.25, 0.3) is 6.71 Å². The third-order valence-corrected chi connectivity index (χ3v) is 29.9. The molecular formula is C114H102BN3Si. The fraction of sp³-hybridized carbons (Fsp3) is 0.158. The molecule has 0 amide bonds. The highest BCUT2D eigenvalue weighted by atomic mass is 28.3. The predicted molar refractivity (Wildman–Crippen MR) is 515 cm³/mol. The molecule has 1 aromatic heterocycles. The van der Waals surface area contributed by atoms with E-state index in [0.29, 0.717) is 11.1 Å². The SMILES string of the molecule is [2H]C([2H])c1ccc2c(c1)c1cc(C([2H])[2H])ccc1n2-c1ccc2c(c1)N(c1c(-c3ccccc3)cc(C(C)(C)C)cc1-c1ccccc1)c1cc(-c3cc(C(C)(C)C)cc(C(C)(C)C)c3)cc3c1B2c1cc(-c2ccc([Si](c4ccccc4)(c4ccccc4)c4ccccc4)cc2)ccc1N3c1c(-c2ccccc2)cc(C(C)(C)C)cc1-c1ccccc1. The van der Waals surface area contributed by atoms with Crippen molar-refractivity contribution in [3.05, 3.63) is 397 Å². The van der Waals surface area contributed by atoms with Gasteiger partial charge in [-0.1, -0.05) is 379 Å². The zero-order chi connectivity index (χ0) is 85.2. The molecule has 0 saturated carbocycles. The molecule has 3 nitrogen and oxygen atoms in total. The molecule has 17 aromatic rings. The molecule has 0 bridgehead atoms. The smallest absolute Gasteiger partial charge is 0.252 e. The highest BCUT2D eigenvalue weighted by Crippen LogP contribution is 2.56. The van der Waals surface area contributed by atoms with Crippen molar-refractivity contribution in [3.8, 4) is 72.4 Å². The molecule has 0 atom stereocenters. The first-order chi connectivity index (χ1) is 59.2. The number of fused-ring (bicyclic) bond motifs is 7. The van der Waals surface area contributed by atoms with Gasteiger partial charge in [-0.3, -0.25) is 0 Å². The van der Waals surface area contributed by atoms with Gasteiger partial charge in [0, 0.05) is 66.9 Å². The van der Waals surface area contributed by atoms with Gasteiger partial charge < -0.3 is 14.4 Å². The summed E-state index contributed by atoms with van der Waals surface area (Å²) in [5.74, 6) is 0. The van der Waals surface area contributed by atoms with Gasteiger partial charge in [-0.2, -0.15) is 0 Å². The van der Waals surface area contributed by atoms with Crippen molar-refractivity contribution in [3.63, 3.8) is 0 Å². The third-order valence-electron chi connectivity index (χ3n) is 25.1. The van der Waals surface area contributed by atoms with Crippen molar-refractivity contribution in [1.29, 1.82) is 0 Å². The van der Waals surface area contributed by atoms with E-state index in [1.807, 2.05) is 24.3 Å². The molecule has 5 heteroatoms. The summed E-state index contributed by atoms with van der Waals surface area (Å²) in [5, 5.41) is 6.99. The minimum atomic E-state index is -2.94. The lowest BCUT2D eigenvalue weighted by molar-refractivity contribution is 0.569. The van der Waals surface area contributed by atoms with Gasteiger partial charge in [0.1, 0.15) is 0 Å². The lowest BCUT2D eigenvalue weighted by atomic mass is 9.33. The summed E-state index contributed by atoms with van der Waals surface area (Å²) < 4.78 is 37.5. The lowest BCUT2D eigenvalue weighted by Gasteiger charge is -2.46. The maximum atomic E-state index is 8.78. The zero-order valence-corrected chi connectivity index (χ0v) is 71.2. The van der Waals surface area contributed by atoms with E-state index >= 15 is 0 Å². The van der Waals surface area contributed by atoms with Crippen molar-refractivity contribution >= 4 is 108 Å². The minimum Gasteiger partial charge on any atom is -0.310 e. The molecular weight excluding hydrogens is 1450 g/mol. The fourth-order valence-electron chi connectivity index (χ4n) is 18.9. The van der Waals surface area contributed by atoms with Gasteiger partial charge in [-0.05, 0) is 218 Å². The van der Waals surface area contributed by atoms with Gasteiger partial charge in [0.15, 0.2) is 8.07 Å². The van der Waals surface area contributed by atoms with Crippen LogP contribution >= 0.6 is 0 Å². The number of rotatable bonds is 13. The standard InChI is InChI=1S/C114H102BN3Si/c1-75-50-59-102-98(62-75)99-63-76(2)51-60-103(99)116(102)89-55-58-100-105(74-89)118(110-96(80-40-26-17-27-41-80)72-88(114(12,13)14)73-97(110)81-42-28-18-29-43-81)107-68-84(83-64-85(111(3,4)5)69-86(65-83)112(6,7)8)67-106-108(107)115(100)101-66-82(77-52-56-93(57-53-77)119(90-44-30-19-31-45-90,91-46-32-20-33-47-91)92-48-34-21-35-49-92)54-61-104(101)117(106)109-94(78-36-22-15-23-37-78)70-87(113(9,10)11)71-95(109)79-38-24-16-25-39-79/h15-74H,1-14H3/i1D2,2D2. The van der Waals surface area contributed by atoms with Crippen molar-refractivity contribution in [2.75, 3.05) is 9.80 Å². The van der Waals surface area contributed by atoms with Gasteiger partial charge in [0.05, 0.1) is 22.4 Å². The van der Waals surface area contributed by atoms with Crippen LogP contribution in [0, 0.1) is 13.8 Å². The number of aryl methyl sites for hydroxylation is 2. The van der Waals surface area contributed by atoms with E-state index in [1.54, 1.807) is 0 Å². The van der Waals surface area contributed by atoms with Crippen LogP contribution in [0.5, 0.6) is 0 Å². The minimum absolute atomic E-state index is 0.219. The van der Waals surface area contributed by atoms with Crippen LogP contribution in [0.25, 0.3) is 94.3 Å². The number of hydrogen-bond donors (Lipinski definition) is 0. The summed E-state index contributed by atoms with van der Waals surface area (Å²) in [5.41, 5.74) is 30.8. The second-order valence-corrected chi connectivity index (χ2v) is 40.8. The van der Waals surface area contributed by atoms with Crippen LogP contribution in [0.15, 0.2) is 364 Å². The van der Waals surface area contributed by atoms with E-state index in [4.69, 9.17) is 5.48 Å². The van der Waals surface area contributed by atoms with E-state index in [2.05, 4.69) is 437 Å². The van der Waals surface area contributed by atoms with Gasteiger partial charge in [-0.25, -0.2) is 0 Å². The van der Waals surface area contributed by atoms with Crippen LogP contribution < -0.4 is 46.9 Å². The number of benzene rings is 16. The quantitative estimate of drug-likeness (QED) is 0.0842. The maximum absolute atomic E-state index is 8.78. The van der Waals surface area contributed by atoms with E-state index < -0.39 is 28.5 Å². The van der Waals surface area contributed by atoms with Crippen molar-refractivity contribution in [2.24, 2.45) is 0 Å². The Morgan fingerprint density at radius 3 is 1.00 bits per heavy atom. The lowest BCUT2D eigenvalue weighted by Crippen LogP contribution is -2.74. The first-order valence-electron chi connectivity index (χ1n) is 44.4. The highest BCUT2D eigenvalue weighted by molar-refractivity contribution is 7.20. The summed E-state index contributed by atoms with van der Waals surface area (Å²) in [6.07, 6.45) is 0. The number of nitrogens with zero attached hydrogens (tertiary/aromatic N) is 3. The first kappa shape index (κ1) is 71.5. The van der Waals surface area contributed by atoms with Crippen molar-refractivity contribution in [1.82, 2.24) is 4.57 Å². The third kappa shape index (κ3) is 13.4. The summed E-state index contributed by atoms with van der Waals surface area (Å²) in [4.78, 5) is 5.38. The van der Waals surface area contributed by atoms with Crippen LogP contribution in [0.2, 0.25) is 0 Å². The first-order valence-corrected chi connectivity index (χ1v) is 44.1. The Morgan fingerprint density at radius 1 is 0.261 bits per heavy atom. The Morgan fingerprint density at radius 2 is 0.613 bits per heavy atom. The summed E-state index contributed by atoms with van der Waals surface area (Å²) in [6.45, 7) is 25.3. The largest absolute Gasteiger partial charge is 0.310 e. The molecule has 0 radical (unpaired) electrons. The van der Waals surface area contributed by atoms with Crippen molar-refractivity contribution < 1.29 is 5.48 Å². The molecule has 0 saturated heterocycles. The van der Waals surface area contributed by atoms with Gasteiger partial charge in [0.2, 0.25) is 0 Å². The van der Waals surface area contributed by atoms with Crippen molar-refractivity contribution in [2.45, 2.75) is 118 Å². The van der Waals surface area contributed by atoms with E-state index in [1.165, 1.54) is 48.5 Å². The molecule has 2 aliphatic heterocycles. The van der Waals surface area contributed by atoms with E-state index in [0.717, 1.165) is 139 Å². The normalized spacial score (nSPS) is 13.4. The van der Waals surface area contributed by atoms with E-state index in [9.17, 15) is 0 Å². The summed E-state index contributed by atoms with van der Waals surface area (Å²) in [7, 11) is -2.94. The molecule has 0 N–H and O–H groups in total. The Balaban J connectivity index is 0.996. The zero-order valence-electron chi connectivity index (χ0n) is 74.2. The molecule has 0 fully saturated rings. The molecule has 16 aromatic carbocycles. The molecule has 0 spiro atoms. The molecule has 3 heterocycles. The molecule has 19 rings (SSSR count). The number of hydrogen-bond acceptors (Lipinski definition) is 2. The molecule has 119 heavy (non-hydrogen) atoms. The Bertz CT molecular complexity index is 6570. The van der Waals surface area contributed by atoms with Crippen LogP contribution in [0.3, 0.4) is 0 Å². The van der Waals surface area contributed by atoms with E-state index in [-0.39, 0.29) is 21.7 Å². The number of anilines is 6. The number of aromatic nitrogens is 1.